The summed E-state index contributed by atoms with van der Waals surface area (Å²) in [5.74, 6) is -1.96. The van der Waals surface area contributed by atoms with Crippen LogP contribution in [-0.4, -0.2) is 28.9 Å². The number of aromatic carboxylic acids is 1. The smallest absolute Gasteiger partial charge is 0.335 e. The van der Waals surface area contributed by atoms with E-state index < -0.39 is 23.8 Å². The fourth-order valence-corrected chi connectivity index (χ4v) is 3.37. The molecule has 0 aliphatic carbocycles. The molecule has 170 valence electrons. The van der Waals surface area contributed by atoms with Crippen LogP contribution in [0.1, 0.15) is 27.0 Å². The van der Waals surface area contributed by atoms with Crippen LogP contribution in [0.15, 0.2) is 78.4 Å². The topological polar surface area (TPSA) is 113 Å². The van der Waals surface area contributed by atoms with Crippen LogP contribution in [0.5, 0.6) is 5.75 Å². The lowest BCUT2D eigenvalue weighted by atomic mass is 10.1. The molecule has 0 atom stereocenters. The fraction of sp³-hybridized carbons (Fsp3) is 0.0769. The maximum absolute atomic E-state index is 12.9. The van der Waals surface area contributed by atoms with Crippen LogP contribution in [-0.2, 0) is 16.2 Å². The number of rotatable bonds is 6. The molecule has 34 heavy (non-hydrogen) atoms. The molecule has 8 heteroatoms. The van der Waals surface area contributed by atoms with Crippen molar-refractivity contribution in [1.82, 2.24) is 5.32 Å². The molecule has 4 rings (SSSR count). The zero-order valence-corrected chi connectivity index (χ0v) is 18.1. The Labute approximate surface area is 195 Å². The average Bonchev–Trinajstić information content (AvgIpc) is 2.82. The van der Waals surface area contributed by atoms with Gasteiger partial charge in [0.1, 0.15) is 17.9 Å². The first-order chi connectivity index (χ1) is 16.3. The average molecular weight is 456 g/mol. The molecular formula is C26H20N2O6. The zero-order chi connectivity index (χ0) is 24.2. The van der Waals surface area contributed by atoms with E-state index in [-0.39, 0.29) is 17.7 Å². The van der Waals surface area contributed by atoms with E-state index in [1.54, 1.807) is 60.7 Å². The van der Waals surface area contributed by atoms with Crippen LogP contribution in [0.3, 0.4) is 0 Å². The molecule has 1 aliphatic heterocycles. The number of nitrogens with one attached hydrogen (secondary N) is 1. The summed E-state index contributed by atoms with van der Waals surface area (Å²) in [6.07, 6.45) is 1.41. The highest BCUT2D eigenvalue weighted by Crippen LogP contribution is 2.23. The first kappa shape index (κ1) is 22.5. The summed E-state index contributed by atoms with van der Waals surface area (Å²) < 4.78 is 5.70. The molecule has 1 fully saturated rings. The van der Waals surface area contributed by atoms with Crippen LogP contribution in [0.4, 0.5) is 10.5 Å². The third-order valence-electron chi connectivity index (χ3n) is 5.16. The van der Waals surface area contributed by atoms with Gasteiger partial charge in [0.15, 0.2) is 0 Å². The summed E-state index contributed by atoms with van der Waals surface area (Å²) in [5.41, 5.74) is 2.61. The summed E-state index contributed by atoms with van der Waals surface area (Å²) in [5, 5.41) is 11.3. The summed E-state index contributed by atoms with van der Waals surface area (Å²) in [6.45, 7) is 2.06. The molecule has 0 radical (unpaired) electrons. The molecule has 4 amide bonds. The van der Waals surface area contributed by atoms with Crippen molar-refractivity contribution in [1.29, 1.82) is 0 Å². The molecule has 1 saturated heterocycles. The van der Waals surface area contributed by atoms with E-state index >= 15 is 0 Å². The Morgan fingerprint density at radius 2 is 1.71 bits per heavy atom. The lowest BCUT2D eigenvalue weighted by Crippen LogP contribution is -2.54. The number of carbonyl (C=O) groups is 4. The van der Waals surface area contributed by atoms with Gasteiger partial charge in [-0.15, -0.1) is 0 Å². The third-order valence-corrected chi connectivity index (χ3v) is 5.16. The monoisotopic (exact) mass is 456 g/mol. The molecule has 8 nitrogen and oxygen atoms in total. The highest BCUT2D eigenvalue weighted by molar-refractivity contribution is 6.39. The van der Waals surface area contributed by atoms with Crippen LogP contribution in [0, 0.1) is 6.92 Å². The molecule has 0 saturated carbocycles. The SMILES string of the molecule is Cc1ccc(N2C(=O)NC(=O)/C(=C\c3ccc(OCc4cccc(C(=O)O)c4)cc3)C2=O)cc1. The summed E-state index contributed by atoms with van der Waals surface area (Å²) in [6, 6.07) is 19.1. The quantitative estimate of drug-likeness (QED) is 0.429. The maximum atomic E-state index is 12.9. The van der Waals surface area contributed by atoms with Gasteiger partial charge in [0.05, 0.1) is 11.3 Å². The molecule has 0 spiro atoms. The number of aryl methyl sites for hydroxylation is 1. The van der Waals surface area contributed by atoms with Gasteiger partial charge in [0, 0.05) is 0 Å². The number of carbonyl (C=O) groups excluding carboxylic acids is 3. The highest BCUT2D eigenvalue weighted by Gasteiger charge is 2.36. The highest BCUT2D eigenvalue weighted by atomic mass is 16.5. The molecule has 3 aromatic carbocycles. The molecule has 1 aliphatic rings. The Morgan fingerprint density at radius 1 is 1.00 bits per heavy atom. The van der Waals surface area contributed by atoms with Gasteiger partial charge in [-0.2, -0.15) is 0 Å². The van der Waals surface area contributed by atoms with Gasteiger partial charge in [-0.3, -0.25) is 14.9 Å². The first-order valence-electron chi connectivity index (χ1n) is 10.3. The second kappa shape index (κ2) is 9.41. The minimum absolute atomic E-state index is 0.167. The Hall–Kier alpha value is -4.72. The molecular weight excluding hydrogens is 436 g/mol. The van der Waals surface area contributed by atoms with Crippen LogP contribution < -0.4 is 15.0 Å². The van der Waals surface area contributed by atoms with Gasteiger partial charge in [0.25, 0.3) is 11.8 Å². The number of carboxylic acid groups (broad SMARTS) is 1. The summed E-state index contributed by atoms with van der Waals surface area (Å²) in [4.78, 5) is 49.6. The Bertz CT molecular complexity index is 1310. The van der Waals surface area contributed by atoms with Gasteiger partial charge in [-0.1, -0.05) is 42.0 Å². The Morgan fingerprint density at radius 3 is 2.38 bits per heavy atom. The molecule has 2 N–H and O–H groups in total. The van der Waals surface area contributed by atoms with Gasteiger partial charge in [0.2, 0.25) is 0 Å². The Kier molecular flexibility index (Phi) is 6.22. The van der Waals surface area contributed by atoms with E-state index in [0.29, 0.717) is 22.6 Å². The van der Waals surface area contributed by atoms with E-state index in [1.807, 2.05) is 6.92 Å². The number of urea groups is 1. The van der Waals surface area contributed by atoms with E-state index in [4.69, 9.17) is 9.84 Å². The largest absolute Gasteiger partial charge is 0.489 e. The number of carboxylic acids is 1. The van der Waals surface area contributed by atoms with E-state index in [0.717, 1.165) is 10.5 Å². The number of benzene rings is 3. The van der Waals surface area contributed by atoms with Crippen molar-refractivity contribution in [2.24, 2.45) is 0 Å². The third kappa shape index (κ3) is 4.86. The number of hydrogen-bond donors (Lipinski definition) is 2. The fourth-order valence-electron chi connectivity index (χ4n) is 3.37. The number of nitrogens with zero attached hydrogens (tertiary/aromatic N) is 1. The molecule has 0 aromatic heterocycles. The number of ether oxygens (including phenoxy) is 1. The number of amides is 4. The maximum Gasteiger partial charge on any atom is 0.335 e. The van der Waals surface area contributed by atoms with E-state index in [9.17, 15) is 19.2 Å². The van der Waals surface area contributed by atoms with Crippen molar-refractivity contribution in [3.8, 4) is 5.75 Å². The van der Waals surface area contributed by atoms with Crippen molar-refractivity contribution >= 4 is 35.6 Å². The summed E-state index contributed by atoms with van der Waals surface area (Å²) in [7, 11) is 0. The van der Waals surface area contributed by atoms with Crippen molar-refractivity contribution in [2.45, 2.75) is 13.5 Å². The minimum Gasteiger partial charge on any atom is -0.489 e. The molecule has 0 bridgehead atoms. The first-order valence-corrected chi connectivity index (χ1v) is 10.3. The lowest BCUT2D eigenvalue weighted by molar-refractivity contribution is -0.122. The van der Waals surface area contributed by atoms with Crippen molar-refractivity contribution in [3.63, 3.8) is 0 Å². The van der Waals surface area contributed by atoms with Crippen LogP contribution in [0.25, 0.3) is 6.08 Å². The van der Waals surface area contributed by atoms with Gasteiger partial charge >= 0.3 is 12.0 Å². The number of anilines is 1. The predicted octanol–water partition coefficient (Wildman–Crippen LogP) is 3.94. The van der Waals surface area contributed by atoms with Gasteiger partial charge < -0.3 is 9.84 Å². The molecule has 1 heterocycles. The molecule has 0 unspecified atom stereocenters. The minimum atomic E-state index is -1.01. The number of imide groups is 2. The van der Waals surface area contributed by atoms with Crippen molar-refractivity contribution in [2.75, 3.05) is 4.90 Å². The second-order valence-corrected chi connectivity index (χ2v) is 7.66. The van der Waals surface area contributed by atoms with E-state index in [1.165, 1.54) is 18.2 Å². The zero-order valence-electron chi connectivity index (χ0n) is 18.1. The second-order valence-electron chi connectivity index (χ2n) is 7.66. The Balaban J connectivity index is 1.49. The summed E-state index contributed by atoms with van der Waals surface area (Å²) >= 11 is 0. The van der Waals surface area contributed by atoms with Crippen molar-refractivity contribution in [3.05, 3.63) is 101 Å². The van der Waals surface area contributed by atoms with Gasteiger partial charge in [-0.05, 0) is 60.5 Å². The van der Waals surface area contributed by atoms with Crippen molar-refractivity contribution < 1.29 is 29.0 Å². The van der Waals surface area contributed by atoms with Gasteiger partial charge in [-0.25, -0.2) is 14.5 Å². The standard InChI is InChI=1S/C26H20N2O6/c1-16-5-9-20(10-6-16)28-24(30)22(23(29)27-26(28)33)14-17-7-11-21(12-8-17)34-15-18-3-2-4-19(13-18)25(31)32/h2-14H,15H2,1H3,(H,31,32)(H,27,29,33)/b22-14+. The number of barbiturate groups is 1. The van der Waals surface area contributed by atoms with Crippen LogP contribution >= 0.6 is 0 Å². The normalized spacial score (nSPS) is 14.8. The number of hydrogen-bond acceptors (Lipinski definition) is 5. The lowest BCUT2D eigenvalue weighted by Gasteiger charge is -2.26. The molecule has 3 aromatic rings. The van der Waals surface area contributed by atoms with Crippen LogP contribution in [0.2, 0.25) is 0 Å². The predicted molar refractivity (Wildman–Crippen MR) is 124 cm³/mol. The van der Waals surface area contributed by atoms with E-state index in [2.05, 4.69) is 5.32 Å².